The summed E-state index contributed by atoms with van der Waals surface area (Å²) in [5.74, 6) is 0.924. The molecule has 6 nitrogen and oxygen atoms in total. The summed E-state index contributed by atoms with van der Waals surface area (Å²) < 4.78 is 11.4. The van der Waals surface area contributed by atoms with Crippen molar-refractivity contribution in [1.29, 1.82) is 0 Å². The minimum Gasteiger partial charge on any atom is -0.468 e. The third-order valence-corrected chi connectivity index (χ3v) is 11.2. The molecule has 6 heteroatoms. The number of aryl methyl sites for hydroxylation is 1. The van der Waals surface area contributed by atoms with Crippen LogP contribution in [0, 0.1) is 6.92 Å². The zero-order chi connectivity index (χ0) is 34.5. The Bertz CT molecular complexity index is 2530. The molecule has 4 aromatic heterocycles. The average molecular weight is 660 g/mol. The maximum absolute atomic E-state index is 6.68. The van der Waals surface area contributed by atoms with Crippen LogP contribution in [0.3, 0.4) is 0 Å². The molecule has 0 unspecified atom stereocenters. The lowest BCUT2D eigenvalue weighted by atomic mass is 9.82. The van der Waals surface area contributed by atoms with Gasteiger partial charge in [0.1, 0.15) is 16.9 Å². The van der Waals surface area contributed by atoms with Crippen molar-refractivity contribution in [3.05, 3.63) is 108 Å². The number of fused-ring (bicyclic) bond motifs is 7. The van der Waals surface area contributed by atoms with E-state index in [1.807, 2.05) is 12.3 Å². The van der Waals surface area contributed by atoms with Crippen molar-refractivity contribution in [3.8, 4) is 11.4 Å². The maximum Gasteiger partial charge on any atom is 0.236 e. The fraction of sp³-hybridized carbons (Fsp3) is 0.341. The van der Waals surface area contributed by atoms with Gasteiger partial charge in [-0.3, -0.25) is 4.57 Å². The fourth-order valence-corrected chi connectivity index (χ4v) is 8.30. The normalized spacial score (nSPS) is 19.5. The molecule has 9 rings (SSSR count). The topological polar surface area (TPSA) is 57.2 Å². The van der Waals surface area contributed by atoms with Gasteiger partial charge in [0.25, 0.3) is 0 Å². The van der Waals surface area contributed by atoms with E-state index in [0.717, 1.165) is 57.7 Å². The molecule has 50 heavy (non-hydrogen) atoms. The van der Waals surface area contributed by atoms with E-state index in [0.29, 0.717) is 5.90 Å². The van der Waals surface area contributed by atoms with Gasteiger partial charge in [-0.1, -0.05) is 64.8 Å². The molecule has 1 fully saturated rings. The molecule has 5 heterocycles. The smallest absolute Gasteiger partial charge is 0.236 e. The van der Waals surface area contributed by atoms with E-state index in [1.165, 1.54) is 45.6 Å². The number of hydrogen-bond acceptors (Lipinski definition) is 4. The van der Waals surface area contributed by atoms with E-state index < -0.39 is 0 Å². The fourth-order valence-electron chi connectivity index (χ4n) is 8.30. The van der Waals surface area contributed by atoms with E-state index in [9.17, 15) is 0 Å². The Morgan fingerprint density at radius 1 is 0.800 bits per heavy atom. The van der Waals surface area contributed by atoms with Crippen LogP contribution in [-0.4, -0.2) is 36.6 Å². The van der Waals surface area contributed by atoms with Crippen molar-refractivity contribution in [2.75, 3.05) is 0 Å². The summed E-state index contributed by atoms with van der Waals surface area (Å²) in [7, 11) is 0. The van der Waals surface area contributed by atoms with Crippen molar-refractivity contribution in [1.82, 2.24) is 19.1 Å². The Hall–Kier alpha value is -4.97. The highest BCUT2D eigenvalue weighted by atomic mass is 16.5. The van der Waals surface area contributed by atoms with E-state index in [2.05, 4.69) is 130 Å². The first-order valence-corrected chi connectivity index (χ1v) is 18.2. The Morgan fingerprint density at radius 3 is 2.40 bits per heavy atom. The third kappa shape index (κ3) is 4.79. The van der Waals surface area contributed by atoms with Crippen LogP contribution in [-0.2, 0) is 10.2 Å². The molecule has 7 aromatic rings. The number of pyridine rings is 2. The second-order valence-corrected chi connectivity index (χ2v) is 16.2. The van der Waals surface area contributed by atoms with Gasteiger partial charge in [-0.25, -0.2) is 15.0 Å². The molecular weight excluding hydrogens is 615 g/mol. The molecular formula is C44H45N5O. The van der Waals surface area contributed by atoms with Gasteiger partial charge < -0.3 is 9.30 Å². The zero-order valence-corrected chi connectivity index (χ0v) is 30.2. The molecule has 0 amide bonds. The summed E-state index contributed by atoms with van der Waals surface area (Å²) in [4.78, 5) is 15.3. The molecule has 0 saturated heterocycles. The van der Waals surface area contributed by atoms with E-state index in [1.54, 1.807) is 0 Å². The Balaban J connectivity index is 1.29. The van der Waals surface area contributed by atoms with Gasteiger partial charge in [-0.05, 0) is 111 Å². The largest absolute Gasteiger partial charge is 0.468 e. The minimum absolute atomic E-state index is 0.0475. The molecule has 0 spiro atoms. The molecule has 252 valence electrons. The van der Waals surface area contributed by atoms with Crippen molar-refractivity contribution < 1.29 is 4.74 Å². The lowest BCUT2D eigenvalue weighted by molar-refractivity contribution is 0.0444. The number of ether oxygens (including phenoxy) is 1. The second-order valence-electron chi connectivity index (χ2n) is 16.2. The summed E-state index contributed by atoms with van der Waals surface area (Å²) in [5.41, 5.74) is 10.8. The standard InChI is InChI=1S/C44H45N5O/c1-26(2)35-23-30(24-36(46-35)42-47-40-12-8-9-19-44(40,7)50-42)48-37-17-13-27(3)21-33(37)31-16-15-29(25-39(31)48)49-38-18-14-28(43(4,5)6)22-34(38)32-11-10-20-45-41(32)49/h10-11,13-18,20-26,40H,8-9,12,19H2,1-7H3/t40-,44-/m0/s1. The van der Waals surface area contributed by atoms with Crippen LogP contribution < -0.4 is 0 Å². The first-order valence-electron chi connectivity index (χ1n) is 18.2. The summed E-state index contributed by atoms with van der Waals surface area (Å²) in [6.07, 6.45) is 6.39. The highest BCUT2D eigenvalue weighted by Gasteiger charge is 2.44. The van der Waals surface area contributed by atoms with Gasteiger partial charge in [0.2, 0.25) is 5.90 Å². The van der Waals surface area contributed by atoms with Crippen LogP contribution >= 0.6 is 0 Å². The van der Waals surface area contributed by atoms with Gasteiger partial charge in [0.15, 0.2) is 0 Å². The van der Waals surface area contributed by atoms with Crippen LogP contribution in [0.4, 0.5) is 0 Å². The Morgan fingerprint density at radius 2 is 1.60 bits per heavy atom. The van der Waals surface area contributed by atoms with E-state index in [-0.39, 0.29) is 23.0 Å². The van der Waals surface area contributed by atoms with E-state index >= 15 is 0 Å². The lowest BCUT2D eigenvalue weighted by Crippen LogP contribution is -2.39. The summed E-state index contributed by atoms with van der Waals surface area (Å²) in [6, 6.07) is 29.4. The highest BCUT2D eigenvalue weighted by Crippen LogP contribution is 2.41. The van der Waals surface area contributed by atoms with Crippen LogP contribution in [0.25, 0.3) is 55.1 Å². The molecule has 0 N–H and O–H groups in total. The summed E-state index contributed by atoms with van der Waals surface area (Å²) >= 11 is 0. The van der Waals surface area contributed by atoms with Gasteiger partial charge in [0.05, 0.1) is 28.3 Å². The Kier molecular flexibility index (Phi) is 6.84. The van der Waals surface area contributed by atoms with Crippen LogP contribution in [0.2, 0.25) is 0 Å². The number of rotatable bonds is 4. The van der Waals surface area contributed by atoms with Crippen molar-refractivity contribution in [3.63, 3.8) is 0 Å². The van der Waals surface area contributed by atoms with Crippen LogP contribution in [0.15, 0.2) is 90.1 Å². The van der Waals surface area contributed by atoms with Crippen molar-refractivity contribution in [2.24, 2.45) is 4.99 Å². The Labute approximate surface area is 293 Å². The summed E-state index contributed by atoms with van der Waals surface area (Å²) in [6.45, 7) is 15.6. The minimum atomic E-state index is -0.244. The van der Waals surface area contributed by atoms with Gasteiger partial charge in [-0.2, -0.15) is 0 Å². The van der Waals surface area contributed by atoms with Gasteiger partial charge >= 0.3 is 0 Å². The number of nitrogens with zero attached hydrogens (tertiary/aromatic N) is 5. The molecule has 3 aromatic carbocycles. The van der Waals surface area contributed by atoms with Gasteiger partial charge in [-0.15, -0.1) is 0 Å². The number of aromatic nitrogens is 4. The SMILES string of the molecule is Cc1ccc2c(c1)c1ccc(-n3c4ccc(C(C)(C)C)cc4c4cccnc43)cc1n2-c1cc(C2=N[C@H]3CCCC[C@]3(C)O2)nc(C(C)C)c1. The quantitative estimate of drug-likeness (QED) is 0.189. The molecule has 2 aliphatic rings. The monoisotopic (exact) mass is 659 g/mol. The molecule has 1 aliphatic carbocycles. The number of hydrogen-bond donors (Lipinski definition) is 0. The second kappa shape index (κ2) is 11.0. The predicted octanol–water partition coefficient (Wildman–Crippen LogP) is 10.9. The van der Waals surface area contributed by atoms with Crippen molar-refractivity contribution >= 4 is 49.6 Å². The predicted molar refractivity (Wildman–Crippen MR) is 207 cm³/mol. The summed E-state index contributed by atoms with van der Waals surface area (Å²) in [5, 5.41) is 4.84. The zero-order valence-electron chi connectivity index (χ0n) is 30.2. The van der Waals surface area contributed by atoms with E-state index in [4.69, 9.17) is 19.7 Å². The molecule has 1 saturated carbocycles. The van der Waals surface area contributed by atoms with Crippen LogP contribution in [0.5, 0.6) is 0 Å². The first kappa shape index (κ1) is 31.0. The van der Waals surface area contributed by atoms with Gasteiger partial charge in [0, 0.05) is 39.1 Å². The molecule has 2 atom stereocenters. The molecule has 0 bridgehead atoms. The number of aliphatic imine (C=N–C) groups is 1. The lowest BCUT2D eigenvalue weighted by Gasteiger charge is -2.33. The molecule has 1 aliphatic heterocycles. The van der Waals surface area contributed by atoms with Crippen molar-refractivity contribution in [2.45, 2.75) is 97.1 Å². The third-order valence-electron chi connectivity index (χ3n) is 11.2. The average Bonchev–Trinajstić information content (AvgIpc) is 3.74. The first-order chi connectivity index (χ1) is 24.0. The number of benzene rings is 3. The maximum atomic E-state index is 6.68. The molecule has 0 radical (unpaired) electrons. The van der Waals surface area contributed by atoms with Crippen LogP contribution in [0.1, 0.15) is 95.7 Å². The highest BCUT2D eigenvalue weighted by molar-refractivity contribution is 6.11.